The van der Waals surface area contributed by atoms with E-state index in [2.05, 4.69) is 4.98 Å². The molecule has 0 saturated heterocycles. The summed E-state index contributed by atoms with van der Waals surface area (Å²) < 4.78 is 0. The summed E-state index contributed by atoms with van der Waals surface area (Å²) in [5.41, 5.74) is 1.08. The Morgan fingerprint density at radius 3 is 2.25 bits per heavy atom. The molecule has 0 aliphatic rings. The Morgan fingerprint density at radius 2 is 1.75 bits per heavy atom. The van der Waals surface area contributed by atoms with Crippen LogP contribution >= 0.6 is 34.8 Å². The predicted molar refractivity (Wildman–Crippen MR) is 83.0 cm³/mol. The quantitative estimate of drug-likeness (QED) is 0.746. The van der Waals surface area contributed by atoms with Gasteiger partial charge >= 0.3 is 5.97 Å². The molecule has 0 spiro atoms. The van der Waals surface area contributed by atoms with Gasteiger partial charge in [0.05, 0.1) is 16.3 Å². The maximum Gasteiger partial charge on any atom is 0.338 e. The zero-order chi connectivity index (χ0) is 15.3. The van der Waals surface area contributed by atoms with Crippen LogP contribution in [-0.4, -0.2) is 16.1 Å². The Balaban J connectivity index is 0.000000956. The highest BCUT2D eigenvalue weighted by atomic mass is 35.5. The van der Waals surface area contributed by atoms with E-state index in [1.54, 1.807) is 24.3 Å². The Hall–Kier alpha value is -1.29. The molecule has 2 rings (SSSR count). The molecule has 2 aromatic rings. The lowest BCUT2D eigenvalue weighted by Crippen LogP contribution is -1.99. The average molecular weight is 333 g/mol. The van der Waals surface area contributed by atoms with Crippen LogP contribution in [0.3, 0.4) is 0 Å². The minimum atomic E-state index is -1.12. The Labute approximate surface area is 132 Å². The molecule has 0 aliphatic carbocycles. The van der Waals surface area contributed by atoms with Crippen molar-refractivity contribution < 1.29 is 9.90 Å². The number of carboxylic acids is 1. The van der Waals surface area contributed by atoms with E-state index in [0.29, 0.717) is 21.3 Å². The van der Waals surface area contributed by atoms with Crippen molar-refractivity contribution in [3.8, 4) is 11.3 Å². The number of aromatic carboxylic acids is 1. The molecule has 0 bridgehead atoms. The summed E-state index contributed by atoms with van der Waals surface area (Å²) in [6, 6.07) is 7.88. The molecule has 1 aromatic carbocycles. The molecule has 0 fully saturated rings. The number of rotatable bonds is 2. The third-order valence-corrected chi connectivity index (χ3v) is 3.12. The maximum absolute atomic E-state index is 10.8. The summed E-state index contributed by atoms with van der Waals surface area (Å²) in [5.74, 6) is -1.12. The minimum Gasteiger partial charge on any atom is -0.478 e. The van der Waals surface area contributed by atoms with Gasteiger partial charge in [-0.25, -0.2) is 9.78 Å². The van der Waals surface area contributed by atoms with Crippen LogP contribution in [0, 0.1) is 0 Å². The number of hydrogen-bond acceptors (Lipinski definition) is 2. The highest BCUT2D eigenvalue weighted by molar-refractivity contribution is 6.36. The summed E-state index contributed by atoms with van der Waals surface area (Å²) in [7, 11) is 0. The Bertz CT molecular complexity index is 630. The Kier molecular flexibility index (Phi) is 6.27. The van der Waals surface area contributed by atoms with Crippen molar-refractivity contribution in [1.29, 1.82) is 0 Å². The van der Waals surface area contributed by atoms with Crippen molar-refractivity contribution in [2.45, 2.75) is 13.8 Å². The third-order valence-electron chi connectivity index (χ3n) is 2.29. The first-order valence-corrected chi connectivity index (χ1v) is 6.97. The lowest BCUT2D eigenvalue weighted by Gasteiger charge is -2.06. The van der Waals surface area contributed by atoms with Crippen LogP contribution in [0.4, 0.5) is 0 Å². The fraction of sp³-hybridized carbons (Fsp3) is 0.143. The van der Waals surface area contributed by atoms with Gasteiger partial charge in [0.2, 0.25) is 0 Å². The van der Waals surface area contributed by atoms with Crippen LogP contribution < -0.4 is 0 Å². The standard InChI is InChI=1S/C12H6Cl3NO2.C2H6/c13-6-1-2-7(9(14)5-6)10-4-3-8(12(17)18)11(15)16-10;1-2/h1-5H,(H,17,18);1-2H3. The van der Waals surface area contributed by atoms with Gasteiger partial charge in [-0.1, -0.05) is 48.7 Å². The predicted octanol–water partition coefficient (Wildman–Crippen LogP) is 5.43. The van der Waals surface area contributed by atoms with E-state index in [1.165, 1.54) is 6.07 Å². The first-order valence-electron chi connectivity index (χ1n) is 5.84. The van der Waals surface area contributed by atoms with Crippen LogP contribution in [0.5, 0.6) is 0 Å². The van der Waals surface area contributed by atoms with Crippen molar-refractivity contribution in [2.24, 2.45) is 0 Å². The zero-order valence-corrected chi connectivity index (χ0v) is 13.1. The normalized spacial score (nSPS) is 9.65. The second-order valence-electron chi connectivity index (χ2n) is 3.46. The number of nitrogens with zero attached hydrogens (tertiary/aromatic N) is 1. The molecular weight excluding hydrogens is 321 g/mol. The minimum absolute atomic E-state index is 0.0505. The lowest BCUT2D eigenvalue weighted by atomic mass is 10.1. The number of pyridine rings is 1. The fourth-order valence-electron chi connectivity index (χ4n) is 1.44. The van der Waals surface area contributed by atoms with E-state index in [4.69, 9.17) is 39.9 Å². The second-order valence-corrected chi connectivity index (χ2v) is 4.67. The van der Waals surface area contributed by atoms with E-state index >= 15 is 0 Å². The summed E-state index contributed by atoms with van der Waals surface area (Å²) in [6.45, 7) is 4.00. The van der Waals surface area contributed by atoms with Crippen molar-refractivity contribution in [3.05, 3.63) is 51.1 Å². The smallest absolute Gasteiger partial charge is 0.338 e. The van der Waals surface area contributed by atoms with Gasteiger partial charge in [0, 0.05) is 10.6 Å². The van der Waals surface area contributed by atoms with E-state index in [9.17, 15) is 4.79 Å². The molecule has 0 atom stereocenters. The molecule has 0 saturated carbocycles. The van der Waals surface area contributed by atoms with Gasteiger partial charge in [-0.3, -0.25) is 0 Å². The van der Waals surface area contributed by atoms with Gasteiger partial charge in [-0.15, -0.1) is 0 Å². The average Bonchev–Trinajstić information content (AvgIpc) is 2.40. The van der Waals surface area contributed by atoms with E-state index in [-0.39, 0.29) is 10.7 Å². The molecule has 0 amide bonds. The molecule has 6 heteroatoms. The van der Waals surface area contributed by atoms with Crippen molar-refractivity contribution in [1.82, 2.24) is 4.98 Å². The molecule has 3 nitrogen and oxygen atoms in total. The van der Waals surface area contributed by atoms with Crippen LogP contribution in [0.2, 0.25) is 15.2 Å². The monoisotopic (exact) mass is 331 g/mol. The molecule has 20 heavy (non-hydrogen) atoms. The van der Waals surface area contributed by atoms with Crippen LogP contribution in [0.1, 0.15) is 24.2 Å². The van der Waals surface area contributed by atoms with Crippen LogP contribution in [0.15, 0.2) is 30.3 Å². The summed E-state index contributed by atoms with van der Waals surface area (Å²) in [5, 5.41) is 9.71. The number of carbonyl (C=O) groups is 1. The van der Waals surface area contributed by atoms with E-state index < -0.39 is 5.97 Å². The summed E-state index contributed by atoms with van der Waals surface area (Å²) in [6.07, 6.45) is 0. The van der Waals surface area contributed by atoms with Crippen molar-refractivity contribution in [2.75, 3.05) is 0 Å². The van der Waals surface area contributed by atoms with Gasteiger partial charge in [-0.2, -0.15) is 0 Å². The van der Waals surface area contributed by atoms with Gasteiger partial charge in [0.15, 0.2) is 0 Å². The van der Waals surface area contributed by atoms with Gasteiger partial charge in [-0.05, 0) is 30.3 Å². The lowest BCUT2D eigenvalue weighted by molar-refractivity contribution is 0.0696. The number of benzene rings is 1. The number of aromatic nitrogens is 1. The molecule has 1 aromatic heterocycles. The van der Waals surface area contributed by atoms with E-state index in [0.717, 1.165) is 0 Å². The highest BCUT2D eigenvalue weighted by Crippen LogP contribution is 2.30. The van der Waals surface area contributed by atoms with Gasteiger partial charge in [0.1, 0.15) is 5.15 Å². The molecule has 106 valence electrons. The van der Waals surface area contributed by atoms with Crippen LogP contribution in [0.25, 0.3) is 11.3 Å². The summed E-state index contributed by atoms with van der Waals surface area (Å²) in [4.78, 5) is 14.8. The molecule has 1 N–H and O–H groups in total. The molecule has 1 heterocycles. The van der Waals surface area contributed by atoms with Crippen LogP contribution in [-0.2, 0) is 0 Å². The largest absolute Gasteiger partial charge is 0.478 e. The molecular formula is C14H12Cl3NO2. The highest BCUT2D eigenvalue weighted by Gasteiger charge is 2.12. The number of carboxylic acid groups (broad SMARTS) is 1. The maximum atomic E-state index is 10.8. The van der Waals surface area contributed by atoms with E-state index in [1.807, 2.05) is 13.8 Å². The molecule has 0 unspecified atom stereocenters. The SMILES string of the molecule is CC.O=C(O)c1ccc(-c2ccc(Cl)cc2Cl)nc1Cl. The first kappa shape index (κ1) is 16.8. The topological polar surface area (TPSA) is 50.2 Å². The molecule has 0 radical (unpaired) electrons. The van der Waals surface area contributed by atoms with Gasteiger partial charge in [0.25, 0.3) is 0 Å². The van der Waals surface area contributed by atoms with Crippen molar-refractivity contribution in [3.63, 3.8) is 0 Å². The zero-order valence-electron chi connectivity index (χ0n) is 10.8. The summed E-state index contributed by atoms with van der Waals surface area (Å²) >= 11 is 17.6. The van der Waals surface area contributed by atoms with Crippen molar-refractivity contribution >= 4 is 40.8 Å². The molecule has 0 aliphatic heterocycles. The first-order chi connectivity index (χ1) is 9.49. The third kappa shape index (κ3) is 3.85. The Morgan fingerprint density at radius 1 is 1.10 bits per heavy atom. The number of halogens is 3. The second kappa shape index (κ2) is 7.48. The number of hydrogen-bond donors (Lipinski definition) is 1. The van der Waals surface area contributed by atoms with Gasteiger partial charge < -0.3 is 5.11 Å². The fourth-order valence-corrected chi connectivity index (χ4v) is 2.18.